The smallest absolute Gasteiger partial charge is 0.271 e. The SMILES string of the molecule is O=[N+]([O-])c1ccc(Nc2ccccc2)c(NS(=O)(=O)c2ccccc2)c1. The van der Waals surface area contributed by atoms with Gasteiger partial charge in [0.05, 0.1) is 21.2 Å². The first-order chi connectivity index (χ1) is 12.5. The summed E-state index contributed by atoms with van der Waals surface area (Å²) in [4.78, 5) is 10.6. The number of benzene rings is 3. The summed E-state index contributed by atoms with van der Waals surface area (Å²) in [6.07, 6.45) is 0. The highest BCUT2D eigenvalue weighted by molar-refractivity contribution is 7.92. The second-order valence-corrected chi connectivity index (χ2v) is 7.08. The van der Waals surface area contributed by atoms with E-state index in [4.69, 9.17) is 0 Å². The molecule has 0 fully saturated rings. The third-order valence-electron chi connectivity index (χ3n) is 3.56. The molecule has 0 heterocycles. The van der Waals surface area contributed by atoms with Gasteiger partial charge < -0.3 is 5.32 Å². The first-order valence-electron chi connectivity index (χ1n) is 7.64. The van der Waals surface area contributed by atoms with E-state index in [2.05, 4.69) is 10.0 Å². The lowest BCUT2D eigenvalue weighted by atomic mass is 10.2. The van der Waals surface area contributed by atoms with Crippen LogP contribution in [0.1, 0.15) is 0 Å². The lowest BCUT2D eigenvalue weighted by molar-refractivity contribution is -0.384. The Labute approximate surface area is 150 Å². The topological polar surface area (TPSA) is 101 Å². The minimum atomic E-state index is -3.88. The normalized spacial score (nSPS) is 10.9. The van der Waals surface area contributed by atoms with E-state index >= 15 is 0 Å². The lowest BCUT2D eigenvalue weighted by Crippen LogP contribution is -2.14. The zero-order valence-corrected chi connectivity index (χ0v) is 14.3. The van der Waals surface area contributed by atoms with Gasteiger partial charge in [0, 0.05) is 17.8 Å². The van der Waals surface area contributed by atoms with Crippen molar-refractivity contribution in [3.05, 3.63) is 89.0 Å². The van der Waals surface area contributed by atoms with Gasteiger partial charge in [-0.1, -0.05) is 36.4 Å². The molecule has 0 aromatic heterocycles. The largest absolute Gasteiger partial charge is 0.354 e. The third-order valence-corrected chi connectivity index (χ3v) is 4.95. The standard InChI is InChI=1S/C18H15N3O4S/c22-21(23)15-11-12-17(19-14-7-3-1-4-8-14)18(13-15)20-26(24,25)16-9-5-2-6-10-16/h1-13,19-20H. The molecule has 3 aromatic carbocycles. The number of non-ortho nitro benzene ring substituents is 1. The molecule has 0 saturated carbocycles. The quantitative estimate of drug-likeness (QED) is 0.502. The summed E-state index contributed by atoms with van der Waals surface area (Å²) in [6, 6.07) is 20.9. The Morgan fingerprint density at radius 3 is 2.04 bits per heavy atom. The Morgan fingerprint density at radius 2 is 1.42 bits per heavy atom. The average molecular weight is 369 g/mol. The molecular weight excluding hydrogens is 354 g/mol. The Bertz CT molecular complexity index is 1020. The second-order valence-electron chi connectivity index (χ2n) is 5.40. The first-order valence-corrected chi connectivity index (χ1v) is 9.12. The molecule has 7 nitrogen and oxygen atoms in total. The molecule has 3 aromatic rings. The summed E-state index contributed by atoms with van der Waals surface area (Å²) in [5.41, 5.74) is 1.00. The molecule has 26 heavy (non-hydrogen) atoms. The van der Waals surface area contributed by atoms with Crippen LogP contribution in [-0.4, -0.2) is 13.3 Å². The molecule has 132 valence electrons. The van der Waals surface area contributed by atoms with Crippen LogP contribution in [0.2, 0.25) is 0 Å². The summed E-state index contributed by atoms with van der Waals surface area (Å²) in [7, 11) is -3.88. The monoisotopic (exact) mass is 369 g/mol. The number of hydrogen-bond donors (Lipinski definition) is 2. The minimum absolute atomic E-state index is 0.0668. The van der Waals surface area contributed by atoms with Gasteiger partial charge in [-0.05, 0) is 30.3 Å². The maximum atomic E-state index is 12.6. The van der Waals surface area contributed by atoms with Crippen LogP contribution in [0.3, 0.4) is 0 Å². The van der Waals surface area contributed by atoms with Crippen molar-refractivity contribution in [3.63, 3.8) is 0 Å². The van der Waals surface area contributed by atoms with Crippen molar-refractivity contribution in [2.75, 3.05) is 10.0 Å². The highest BCUT2D eigenvalue weighted by Crippen LogP contribution is 2.31. The number of nitro benzene ring substituents is 1. The molecule has 0 unspecified atom stereocenters. The van der Waals surface area contributed by atoms with Gasteiger partial charge in [0.15, 0.2) is 0 Å². The predicted octanol–water partition coefficient (Wildman–Crippen LogP) is 4.14. The van der Waals surface area contributed by atoms with Crippen LogP contribution < -0.4 is 10.0 Å². The number of rotatable bonds is 6. The van der Waals surface area contributed by atoms with E-state index in [1.54, 1.807) is 30.3 Å². The molecule has 2 N–H and O–H groups in total. The third kappa shape index (κ3) is 3.98. The van der Waals surface area contributed by atoms with Crippen LogP contribution in [0, 0.1) is 10.1 Å². The highest BCUT2D eigenvalue weighted by atomic mass is 32.2. The minimum Gasteiger partial charge on any atom is -0.354 e. The fraction of sp³-hybridized carbons (Fsp3) is 0. The molecule has 0 radical (unpaired) electrons. The molecule has 0 aliphatic rings. The van der Waals surface area contributed by atoms with E-state index < -0.39 is 14.9 Å². The maximum absolute atomic E-state index is 12.6. The molecule has 0 aliphatic carbocycles. The fourth-order valence-electron chi connectivity index (χ4n) is 2.32. The average Bonchev–Trinajstić information content (AvgIpc) is 2.64. The van der Waals surface area contributed by atoms with Crippen LogP contribution in [0.4, 0.5) is 22.7 Å². The van der Waals surface area contributed by atoms with Crippen molar-refractivity contribution in [2.45, 2.75) is 4.90 Å². The highest BCUT2D eigenvalue weighted by Gasteiger charge is 2.18. The van der Waals surface area contributed by atoms with E-state index in [0.717, 1.165) is 5.69 Å². The molecule has 0 bridgehead atoms. The van der Waals surface area contributed by atoms with Gasteiger partial charge in [-0.25, -0.2) is 8.42 Å². The molecule has 0 aliphatic heterocycles. The zero-order chi connectivity index (χ0) is 18.6. The van der Waals surface area contributed by atoms with Gasteiger partial charge in [0.1, 0.15) is 0 Å². The van der Waals surface area contributed by atoms with Crippen molar-refractivity contribution in [1.29, 1.82) is 0 Å². The predicted molar refractivity (Wildman–Crippen MR) is 100 cm³/mol. The van der Waals surface area contributed by atoms with E-state index in [9.17, 15) is 18.5 Å². The van der Waals surface area contributed by atoms with E-state index in [1.165, 1.54) is 30.3 Å². The van der Waals surface area contributed by atoms with Gasteiger partial charge in [-0.2, -0.15) is 0 Å². The molecule has 0 spiro atoms. The second kappa shape index (κ2) is 7.24. The van der Waals surface area contributed by atoms with Crippen molar-refractivity contribution in [1.82, 2.24) is 0 Å². The maximum Gasteiger partial charge on any atom is 0.271 e. The molecule has 0 amide bonds. The number of hydrogen-bond acceptors (Lipinski definition) is 5. The Kier molecular flexibility index (Phi) is 4.85. The van der Waals surface area contributed by atoms with Crippen molar-refractivity contribution in [2.24, 2.45) is 0 Å². The van der Waals surface area contributed by atoms with Crippen LogP contribution in [0.5, 0.6) is 0 Å². The van der Waals surface area contributed by atoms with E-state index in [-0.39, 0.29) is 16.3 Å². The number of sulfonamides is 1. The summed E-state index contributed by atoms with van der Waals surface area (Å²) in [6.45, 7) is 0. The fourth-order valence-corrected chi connectivity index (χ4v) is 3.41. The summed E-state index contributed by atoms with van der Waals surface area (Å²) >= 11 is 0. The zero-order valence-electron chi connectivity index (χ0n) is 13.5. The van der Waals surface area contributed by atoms with Crippen LogP contribution >= 0.6 is 0 Å². The van der Waals surface area contributed by atoms with Crippen molar-refractivity contribution in [3.8, 4) is 0 Å². The van der Waals surface area contributed by atoms with E-state index in [0.29, 0.717) is 5.69 Å². The molecule has 0 saturated heterocycles. The van der Waals surface area contributed by atoms with Crippen LogP contribution in [-0.2, 0) is 10.0 Å². The summed E-state index contributed by atoms with van der Waals surface area (Å²) in [5.74, 6) is 0. The molecule has 8 heteroatoms. The van der Waals surface area contributed by atoms with Crippen LogP contribution in [0.15, 0.2) is 83.8 Å². The summed E-state index contributed by atoms with van der Waals surface area (Å²) in [5, 5.41) is 14.1. The Balaban J connectivity index is 2.00. The van der Waals surface area contributed by atoms with Gasteiger partial charge >= 0.3 is 0 Å². The number of nitrogens with zero attached hydrogens (tertiary/aromatic N) is 1. The molecule has 0 atom stereocenters. The molecule has 3 rings (SSSR count). The van der Waals surface area contributed by atoms with E-state index in [1.807, 2.05) is 18.2 Å². The first kappa shape index (κ1) is 17.4. The summed E-state index contributed by atoms with van der Waals surface area (Å²) < 4.78 is 27.6. The number of nitrogens with one attached hydrogen (secondary N) is 2. The molecular formula is C18H15N3O4S. The number of anilines is 3. The van der Waals surface area contributed by atoms with Gasteiger partial charge in [0.25, 0.3) is 15.7 Å². The van der Waals surface area contributed by atoms with Gasteiger partial charge in [-0.3, -0.25) is 14.8 Å². The number of nitro groups is 1. The van der Waals surface area contributed by atoms with Crippen LogP contribution in [0.25, 0.3) is 0 Å². The van der Waals surface area contributed by atoms with Gasteiger partial charge in [0.2, 0.25) is 0 Å². The van der Waals surface area contributed by atoms with Crippen molar-refractivity contribution < 1.29 is 13.3 Å². The van der Waals surface area contributed by atoms with Crippen molar-refractivity contribution >= 4 is 32.8 Å². The lowest BCUT2D eigenvalue weighted by Gasteiger charge is -2.14. The Hall–Kier alpha value is -3.39. The Morgan fingerprint density at radius 1 is 0.808 bits per heavy atom. The van der Waals surface area contributed by atoms with Gasteiger partial charge in [-0.15, -0.1) is 0 Å². The number of para-hydroxylation sites is 1.